The number of hydrogen-bond donors (Lipinski definition) is 7. The molecule has 0 aliphatic carbocycles. The van der Waals surface area contributed by atoms with Crippen molar-refractivity contribution in [2.45, 2.75) is 123 Å². The van der Waals surface area contributed by atoms with Crippen molar-refractivity contribution < 1.29 is 43.3 Å². The van der Waals surface area contributed by atoms with Gasteiger partial charge in [0.05, 0.1) is 6.10 Å². The standard InChI is InChI=1S/C28H54N6O9/c1-26(2,3)41-23(38)32-17-18(35)16-31-22(37)20(34-25(40)43-28(7,8)9)13-11-15-30-21(36)19(12-10-14-29)33-24(39)42-27(4,5)6/h18-20,35H,10-17,29H2,1-9H3,(H,30,36)(H,31,37)(H,32,38)(H,33,39)(H,34,40)/t18?,19-,20-/m0/s1. The quantitative estimate of drug-likeness (QED) is 0.103. The molecule has 0 fully saturated rings. The van der Waals surface area contributed by atoms with Crippen LogP contribution < -0.4 is 32.3 Å². The van der Waals surface area contributed by atoms with E-state index < -0.39 is 65.1 Å². The number of hydrogen-bond acceptors (Lipinski definition) is 10. The molecule has 0 bridgehead atoms. The van der Waals surface area contributed by atoms with E-state index >= 15 is 0 Å². The second-order valence-corrected chi connectivity index (χ2v) is 13.0. The second-order valence-electron chi connectivity index (χ2n) is 13.0. The fraction of sp³-hybridized carbons (Fsp3) is 0.821. The van der Waals surface area contributed by atoms with Crippen LogP contribution in [0.4, 0.5) is 14.4 Å². The summed E-state index contributed by atoms with van der Waals surface area (Å²) in [6.07, 6.45) is -2.19. The maximum absolute atomic E-state index is 12.9. The molecule has 0 rings (SSSR count). The Morgan fingerprint density at radius 3 is 1.47 bits per heavy atom. The van der Waals surface area contributed by atoms with Crippen LogP contribution in [0.2, 0.25) is 0 Å². The Balaban J connectivity index is 5.10. The van der Waals surface area contributed by atoms with Crippen LogP contribution in [0.1, 0.15) is 88.0 Å². The zero-order valence-corrected chi connectivity index (χ0v) is 27.2. The normalized spacial score (nSPS) is 13.9. The summed E-state index contributed by atoms with van der Waals surface area (Å²) >= 11 is 0. The van der Waals surface area contributed by atoms with Crippen LogP contribution in [-0.4, -0.2) is 96.4 Å². The number of ether oxygens (including phenoxy) is 3. The number of alkyl carbamates (subject to hydrolysis) is 3. The Morgan fingerprint density at radius 1 is 0.628 bits per heavy atom. The van der Waals surface area contributed by atoms with Crippen LogP contribution in [0, 0.1) is 0 Å². The van der Waals surface area contributed by atoms with Gasteiger partial charge in [0.1, 0.15) is 28.9 Å². The number of rotatable bonds is 15. The summed E-state index contributed by atoms with van der Waals surface area (Å²) in [4.78, 5) is 62.0. The van der Waals surface area contributed by atoms with Crippen LogP contribution in [0.25, 0.3) is 0 Å². The number of carbonyl (C=O) groups is 5. The lowest BCUT2D eigenvalue weighted by Gasteiger charge is -2.24. The van der Waals surface area contributed by atoms with Crippen molar-refractivity contribution in [3.05, 3.63) is 0 Å². The molecule has 250 valence electrons. The number of amides is 5. The monoisotopic (exact) mass is 618 g/mol. The summed E-state index contributed by atoms with van der Waals surface area (Å²) in [5.41, 5.74) is 3.32. The average molecular weight is 619 g/mol. The number of nitrogens with one attached hydrogen (secondary N) is 5. The second kappa shape index (κ2) is 18.4. The molecule has 1 unspecified atom stereocenters. The molecular formula is C28H54N6O9. The van der Waals surface area contributed by atoms with Crippen molar-refractivity contribution in [1.29, 1.82) is 0 Å². The van der Waals surface area contributed by atoms with Gasteiger partial charge in [0, 0.05) is 19.6 Å². The SMILES string of the molecule is CC(C)(C)OC(=O)NCC(O)CNC(=O)[C@H](CCCNC(=O)[C@H](CCCN)NC(=O)OC(C)(C)C)NC(=O)OC(C)(C)C. The largest absolute Gasteiger partial charge is 0.444 e. The zero-order chi connectivity index (χ0) is 33.4. The Labute approximate surface area is 255 Å². The van der Waals surface area contributed by atoms with Gasteiger partial charge in [-0.25, -0.2) is 14.4 Å². The third-order valence-corrected chi connectivity index (χ3v) is 5.07. The van der Waals surface area contributed by atoms with Crippen molar-refractivity contribution in [2.24, 2.45) is 5.73 Å². The molecule has 43 heavy (non-hydrogen) atoms. The third-order valence-electron chi connectivity index (χ3n) is 5.07. The molecule has 3 atom stereocenters. The van der Waals surface area contributed by atoms with E-state index in [0.717, 1.165) is 0 Å². The van der Waals surface area contributed by atoms with Gasteiger partial charge in [0.25, 0.3) is 0 Å². The molecule has 0 aromatic heterocycles. The molecule has 0 radical (unpaired) electrons. The van der Waals surface area contributed by atoms with Crippen LogP contribution in [0.5, 0.6) is 0 Å². The van der Waals surface area contributed by atoms with E-state index in [1.807, 2.05) is 0 Å². The molecule has 0 saturated carbocycles. The maximum Gasteiger partial charge on any atom is 0.408 e. The topological polar surface area (TPSA) is 219 Å². The molecule has 15 heteroatoms. The minimum atomic E-state index is -1.12. The van der Waals surface area contributed by atoms with Crippen molar-refractivity contribution in [1.82, 2.24) is 26.6 Å². The van der Waals surface area contributed by atoms with E-state index in [0.29, 0.717) is 19.4 Å². The smallest absolute Gasteiger partial charge is 0.408 e. The van der Waals surface area contributed by atoms with Gasteiger partial charge in [0.2, 0.25) is 11.8 Å². The zero-order valence-electron chi connectivity index (χ0n) is 27.2. The Hall–Kier alpha value is -3.33. The van der Waals surface area contributed by atoms with Crippen LogP contribution in [-0.2, 0) is 23.8 Å². The summed E-state index contributed by atoms with van der Waals surface area (Å²) in [6.45, 7) is 15.4. The van der Waals surface area contributed by atoms with Crippen molar-refractivity contribution >= 4 is 30.1 Å². The molecule has 0 spiro atoms. The van der Waals surface area contributed by atoms with Crippen molar-refractivity contribution in [2.75, 3.05) is 26.2 Å². The predicted molar refractivity (Wildman–Crippen MR) is 160 cm³/mol. The molecule has 0 aromatic carbocycles. The summed E-state index contributed by atoms with van der Waals surface area (Å²) in [6, 6.07) is -1.92. The lowest BCUT2D eigenvalue weighted by atomic mass is 10.1. The molecular weight excluding hydrogens is 564 g/mol. The molecule has 0 aliphatic rings. The number of aliphatic hydroxyl groups excluding tert-OH is 1. The molecule has 0 heterocycles. The van der Waals surface area contributed by atoms with E-state index in [1.165, 1.54) is 0 Å². The van der Waals surface area contributed by atoms with Crippen molar-refractivity contribution in [3.8, 4) is 0 Å². The van der Waals surface area contributed by atoms with Gasteiger partial charge >= 0.3 is 18.3 Å². The number of nitrogens with two attached hydrogens (primary N) is 1. The van der Waals surface area contributed by atoms with Gasteiger partial charge in [-0.1, -0.05) is 0 Å². The van der Waals surface area contributed by atoms with Crippen LogP contribution in [0.3, 0.4) is 0 Å². The molecule has 5 amide bonds. The first-order valence-corrected chi connectivity index (χ1v) is 14.5. The first kappa shape index (κ1) is 39.7. The molecule has 0 aliphatic heterocycles. The van der Waals surface area contributed by atoms with Gasteiger partial charge in [-0.05, 0) is 94.5 Å². The Morgan fingerprint density at radius 2 is 1.02 bits per heavy atom. The van der Waals surface area contributed by atoms with Crippen molar-refractivity contribution in [3.63, 3.8) is 0 Å². The lowest BCUT2D eigenvalue weighted by molar-refractivity contribution is -0.123. The highest BCUT2D eigenvalue weighted by Crippen LogP contribution is 2.10. The first-order chi connectivity index (χ1) is 19.6. The van der Waals surface area contributed by atoms with Crippen LogP contribution >= 0.6 is 0 Å². The van der Waals surface area contributed by atoms with E-state index in [9.17, 15) is 29.1 Å². The van der Waals surface area contributed by atoms with E-state index in [-0.39, 0.29) is 32.5 Å². The summed E-state index contributed by atoms with van der Waals surface area (Å²) in [5.74, 6) is -1.04. The van der Waals surface area contributed by atoms with E-state index in [2.05, 4.69) is 26.6 Å². The highest BCUT2D eigenvalue weighted by Gasteiger charge is 2.26. The van der Waals surface area contributed by atoms with E-state index in [4.69, 9.17) is 19.9 Å². The fourth-order valence-electron chi connectivity index (χ4n) is 3.33. The Kier molecular flexibility index (Phi) is 16.9. The summed E-state index contributed by atoms with van der Waals surface area (Å²) in [5, 5.41) is 22.9. The van der Waals surface area contributed by atoms with Crippen LogP contribution in [0.15, 0.2) is 0 Å². The third kappa shape index (κ3) is 22.0. The minimum absolute atomic E-state index is 0.116. The van der Waals surface area contributed by atoms with Gasteiger partial charge in [-0.15, -0.1) is 0 Å². The first-order valence-electron chi connectivity index (χ1n) is 14.5. The summed E-state index contributed by atoms with van der Waals surface area (Å²) < 4.78 is 15.6. The Bertz CT molecular complexity index is 910. The number of carbonyl (C=O) groups excluding carboxylic acids is 5. The summed E-state index contributed by atoms with van der Waals surface area (Å²) in [7, 11) is 0. The maximum atomic E-state index is 12.9. The molecule has 0 saturated heterocycles. The van der Waals surface area contributed by atoms with E-state index in [1.54, 1.807) is 62.3 Å². The van der Waals surface area contributed by atoms with Gasteiger partial charge in [-0.2, -0.15) is 0 Å². The molecule has 0 aromatic rings. The fourth-order valence-corrected chi connectivity index (χ4v) is 3.33. The average Bonchev–Trinajstić information content (AvgIpc) is 2.82. The predicted octanol–water partition coefficient (Wildman–Crippen LogP) is 1.41. The highest BCUT2D eigenvalue weighted by atomic mass is 16.6. The minimum Gasteiger partial charge on any atom is -0.444 e. The lowest BCUT2D eigenvalue weighted by Crippen LogP contribution is -2.51. The van der Waals surface area contributed by atoms with Gasteiger partial charge in [-0.3, -0.25) is 9.59 Å². The molecule has 15 nitrogen and oxygen atoms in total. The number of aliphatic hydroxyl groups is 1. The van der Waals surface area contributed by atoms with Gasteiger partial charge in [0.15, 0.2) is 0 Å². The van der Waals surface area contributed by atoms with Gasteiger partial charge < -0.3 is 51.6 Å². The molecule has 8 N–H and O–H groups in total. The highest BCUT2D eigenvalue weighted by molar-refractivity contribution is 5.86.